The number of pyridine rings is 2. The van der Waals surface area contributed by atoms with E-state index in [1.165, 1.54) is 6.20 Å². The first-order valence-electron chi connectivity index (χ1n) is 9.38. The molecule has 0 radical (unpaired) electrons. The molecule has 2 aromatic heterocycles. The lowest BCUT2D eigenvalue weighted by molar-refractivity contribution is 0.102. The Labute approximate surface area is 173 Å². The molecule has 1 aromatic carbocycles. The molecule has 1 saturated heterocycles. The smallest absolute Gasteiger partial charge is 0.323 e. The van der Waals surface area contributed by atoms with E-state index in [0.717, 1.165) is 0 Å². The van der Waals surface area contributed by atoms with Crippen LogP contribution >= 0.6 is 11.6 Å². The average Bonchev–Trinajstić information content (AvgIpc) is 3.08. The summed E-state index contributed by atoms with van der Waals surface area (Å²) < 4.78 is 0. The van der Waals surface area contributed by atoms with Crippen LogP contribution in [0.1, 0.15) is 23.0 Å². The van der Waals surface area contributed by atoms with E-state index in [9.17, 15) is 9.59 Å². The highest BCUT2D eigenvalue weighted by Crippen LogP contribution is 2.37. The van der Waals surface area contributed by atoms with Gasteiger partial charge in [0, 0.05) is 43.1 Å². The highest BCUT2D eigenvalue weighted by Gasteiger charge is 2.31. The highest BCUT2D eigenvalue weighted by atomic mass is 35.5. The second kappa shape index (κ2) is 7.67. The largest absolute Gasteiger partial charge is 0.324 e. The predicted octanol–water partition coefficient (Wildman–Crippen LogP) is 4.11. The summed E-state index contributed by atoms with van der Waals surface area (Å²) in [6, 6.07) is 8.81. The summed E-state index contributed by atoms with van der Waals surface area (Å²) in [5.41, 5.74) is 2.87. The van der Waals surface area contributed by atoms with Crippen molar-refractivity contribution < 1.29 is 9.59 Å². The Hall–Kier alpha value is -3.19. The van der Waals surface area contributed by atoms with Crippen molar-refractivity contribution in [3.05, 3.63) is 59.0 Å². The van der Waals surface area contributed by atoms with Crippen molar-refractivity contribution in [1.29, 1.82) is 0 Å². The van der Waals surface area contributed by atoms with Gasteiger partial charge in [0.1, 0.15) is 0 Å². The van der Waals surface area contributed by atoms with Gasteiger partial charge in [-0.2, -0.15) is 0 Å². The molecular weight excluding hydrogens is 390 g/mol. The van der Waals surface area contributed by atoms with Gasteiger partial charge in [-0.15, -0.1) is 0 Å². The Morgan fingerprint density at radius 3 is 2.76 bits per heavy atom. The Morgan fingerprint density at radius 2 is 2.03 bits per heavy atom. The van der Waals surface area contributed by atoms with Crippen molar-refractivity contribution in [2.75, 3.05) is 29.9 Å². The van der Waals surface area contributed by atoms with Gasteiger partial charge in [-0.25, -0.2) is 4.79 Å². The average molecular weight is 410 g/mol. The first-order valence-corrected chi connectivity index (χ1v) is 9.75. The first-order chi connectivity index (χ1) is 14.0. The third-order valence-corrected chi connectivity index (χ3v) is 5.35. The van der Waals surface area contributed by atoms with Crippen molar-refractivity contribution in [3.63, 3.8) is 0 Å². The van der Waals surface area contributed by atoms with Crippen LogP contribution in [0.5, 0.6) is 0 Å². The zero-order valence-electron chi connectivity index (χ0n) is 16.1. The monoisotopic (exact) mass is 409 g/mol. The van der Waals surface area contributed by atoms with Gasteiger partial charge in [-0.3, -0.25) is 19.7 Å². The van der Waals surface area contributed by atoms with Crippen molar-refractivity contribution in [2.45, 2.75) is 13.8 Å². The van der Waals surface area contributed by atoms with E-state index >= 15 is 0 Å². The van der Waals surface area contributed by atoms with Crippen LogP contribution in [0, 0.1) is 6.92 Å². The van der Waals surface area contributed by atoms with Gasteiger partial charge in [-0.1, -0.05) is 23.7 Å². The molecule has 7 nitrogen and oxygen atoms in total. The molecular formula is C21H20ClN5O2. The summed E-state index contributed by atoms with van der Waals surface area (Å²) in [6.07, 6.45) is 3.17. The number of para-hydroxylation sites is 1. The molecule has 0 unspecified atom stereocenters. The molecule has 29 heavy (non-hydrogen) atoms. The van der Waals surface area contributed by atoms with Crippen LogP contribution < -0.4 is 10.2 Å². The number of benzene rings is 1. The molecule has 3 amide bonds. The molecule has 3 aromatic rings. The molecule has 3 heterocycles. The zero-order chi connectivity index (χ0) is 20.5. The Bertz CT molecular complexity index is 1120. The van der Waals surface area contributed by atoms with Gasteiger partial charge in [0.05, 0.1) is 27.5 Å². The van der Waals surface area contributed by atoms with E-state index in [1.807, 2.05) is 19.1 Å². The van der Waals surface area contributed by atoms with E-state index in [1.54, 1.807) is 41.1 Å². The van der Waals surface area contributed by atoms with Crippen LogP contribution in [0.2, 0.25) is 5.02 Å². The van der Waals surface area contributed by atoms with E-state index in [0.29, 0.717) is 58.2 Å². The third-order valence-electron chi connectivity index (χ3n) is 5.07. The summed E-state index contributed by atoms with van der Waals surface area (Å²) in [5, 5.41) is 4.02. The van der Waals surface area contributed by atoms with Crippen LogP contribution in [0.15, 0.2) is 42.7 Å². The molecule has 1 aliphatic rings. The minimum Gasteiger partial charge on any atom is -0.323 e. The van der Waals surface area contributed by atoms with Crippen LogP contribution in [0.4, 0.5) is 16.2 Å². The van der Waals surface area contributed by atoms with Gasteiger partial charge >= 0.3 is 6.03 Å². The van der Waals surface area contributed by atoms with Gasteiger partial charge in [0.25, 0.3) is 5.91 Å². The number of nitrogens with zero attached hydrogens (tertiary/aromatic N) is 4. The van der Waals surface area contributed by atoms with Crippen molar-refractivity contribution in [1.82, 2.24) is 14.9 Å². The number of anilines is 2. The third kappa shape index (κ3) is 3.38. The van der Waals surface area contributed by atoms with Crippen molar-refractivity contribution in [2.24, 2.45) is 0 Å². The molecule has 8 heteroatoms. The fourth-order valence-corrected chi connectivity index (χ4v) is 3.81. The molecule has 0 atom stereocenters. The minimum absolute atomic E-state index is 0.0812. The molecule has 0 saturated carbocycles. The number of urea groups is 1. The Kier molecular flexibility index (Phi) is 5.07. The number of likely N-dealkylation sites (N-methyl/N-ethyl adjacent to an activating group) is 1. The van der Waals surface area contributed by atoms with Crippen LogP contribution in [0.3, 0.4) is 0 Å². The maximum atomic E-state index is 12.7. The van der Waals surface area contributed by atoms with Crippen LogP contribution in [-0.4, -0.2) is 46.4 Å². The van der Waals surface area contributed by atoms with Crippen molar-refractivity contribution in [3.8, 4) is 0 Å². The second-order valence-corrected chi connectivity index (χ2v) is 7.17. The maximum absolute atomic E-state index is 12.7. The number of halogens is 1. The lowest BCUT2D eigenvalue weighted by Crippen LogP contribution is -2.31. The number of carbonyl (C=O) groups is 2. The fraction of sp³-hybridized carbons (Fsp3) is 0.238. The second-order valence-electron chi connectivity index (χ2n) is 6.76. The number of rotatable bonds is 4. The molecule has 0 spiro atoms. The number of carbonyl (C=O) groups excluding carboxylic acids is 2. The molecule has 1 fully saturated rings. The molecule has 1 N–H and O–H groups in total. The minimum atomic E-state index is -0.268. The predicted molar refractivity (Wildman–Crippen MR) is 114 cm³/mol. The number of aromatic nitrogens is 2. The van der Waals surface area contributed by atoms with E-state index in [-0.39, 0.29) is 11.9 Å². The zero-order valence-corrected chi connectivity index (χ0v) is 16.9. The van der Waals surface area contributed by atoms with E-state index in [2.05, 4.69) is 15.3 Å². The standard InChI is InChI=1S/C21H20ClN5O2/c1-3-26-10-11-27(21(26)29)19-15-6-4-8-17(18(15)24-12-16(19)22)25-20(28)14-7-5-9-23-13(14)2/h4-9,12H,3,10-11H2,1-2H3,(H,25,28). The van der Waals surface area contributed by atoms with Crippen LogP contribution in [0.25, 0.3) is 10.9 Å². The number of amides is 3. The summed E-state index contributed by atoms with van der Waals surface area (Å²) in [6.45, 7) is 5.57. The molecule has 1 aliphatic heterocycles. The molecule has 4 rings (SSSR count). The summed E-state index contributed by atoms with van der Waals surface area (Å²) in [7, 11) is 0. The number of nitrogens with one attached hydrogen (secondary N) is 1. The first kappa shape index (κ1) is 19.1. The Balaban J connectivity index is 1.76. The Morgan fingerprint density at radius 1 is 1.21 bits per heavy atom. The lowest BCUT2D eigenvalue weighted by atomic mass is 10.1. The summed E-state index contributed by atoms with van der Waals surface area (Å²) in [4.78, 5) is 37.5. The quantitative estimate of drug-likeness (QED) is 0.703. The topological polar surface area (TPSA) is 78.4 Å². The summed E-state index contributed by atoms with van der Waals surface area (Å²) in [5.74, 6) is -0.268. The van der Waals surface area contributed by atoms with Gasteiger partial charge in [0.15, 0.2) is 0 Å². The number of hydrogen-bond donors (Lipinski definition) is 1. The lowest BCUT2D eigenvalue weighted by Gasteiger charge is -2.21. The molecule has 148 valence electrons. The van der Waals surface area contributed by atoms with E-state index in [4.69, 9.17) is 11.6 Å². The van der Waals surface area contributed by atoms with Gasteiger partial charge in [-0.05, 0) is 32.0 Å². The van der Waals surface area contributed by atoms with E-state index < -0.39 is 0 Å². The molecule has 0 bridgehead atoms. The van der Waals surface area contributed by atoms with Gasteiger partial charge < -0.3 is 10.2 Å². The summed E-state index contributed by atoms with van der Waals surface area (Å²) >= 11 is 6.44. The normalized spacial score (nSPS) is 14.0. The number of aryl methyl sites for hydroxylation is 1. The SMILES string of the molecule is CCN1CCN(c2c(Cl)cnc3c(NC(=O)c4cccnc4C)cccc23)C1=O. The van der Waals surface area contributed by atoms with Crippen LogP contribution in [-0.2, 0) is 0 Å². The molecule has 0 aliphatic carbocycles. The fourth-order valence-electron chi connectivity index (χ4n) is 3.56. The highest BCUT2D eigenvalue weighted by molar-refractivity contribution is 6.35. The van der Waals surface area contributed by atoms with Gasteiger partial charge in [0.2, 0.25) is 0 Å². The number of fused-ring (bicyclic) bond motifs is 1. The van der Waals surface area contributed by atoms with Crippen molar-refractivity contribution >= 4 is 45.8 Å². The maximum Gasteiger partial charge on any atom is 0.324 e. The number of hydrogen-bond acceptors (Lipinski definition) is 4.